The molecular formula is H3CuGaSZn. The van der Waals surface area contributed by atoms with Crippen LogP contribution in [-0.4, -0.2) is 19.8 Å². The van der Waals surface area contributed by atoms with E-state index in [1.807, 2.05) is 0 Å². The van der Waals surface area contributed by atoms with Crippen molar-refractivity contribution < 1.29 is 33.6 Å². The summed E-state index contributed by atoms with van der Waals surface area (Å²) in [7, 11) is 4.21. The number of hydrogen-bond donors (Lipinski definition) is 0. The van der Waals surface area contributed by atoms with E-state index in [0.717, 1.165) is 16.6 Å². The second-order valence-corrected chi connectivity index (χ2v) is 0. The minimum atomic E-state index is 0. The molecule has 0 fully saturated rings. The summed E-state index contributed by atoms with van der Waals surface area (Å²) in [5.74, 6) is 0. The first-order chi connectivity index (χ1) is 1.00. The van der Waals surface area contributed by atoms with Crippen LogP contribution in [0.25, 0.3) is 0 Å². The van der Waals surface area contributed by atoms with E-state index in [1.165, 1.54) is 0 Å². The van der Waals surface area contributed by atoms with Gasteiger partial charge in [0, 0.05) is 17.1 Å². The zero-order valence-electron chi connectivity index (χ0n) is 1.42. The quantitative estimate of drug-likeness (QED) is 0.507. The minimum absolute atomic E-state index is 0. The van der Waals surface area contributed by atoms with Crippen molar-refractivity contribution in [2.24, 2.45) is 0 Å². The molecule has 0 nitrogen and oxygen atoms in total. The monoisotopic (exact) mass is 231 g/mol. The third kappa shape index (κ3) is 9.00. The molecule has 1 radical (unpaired) electrons. The van der Waals surface area contributed by atoms with Crippen molar-refractivity contribution in [3.05, 3.63) is 0 Å². The Kier molecular flexibility index (Phi) is 83.4. The van der Waals surface area contributed by atoms with Gasteiger partial charge in [0.15, 0.2) is 0 Å². The molecule has 4 heteroatoms. The zero-order valence-corrected chi connectivity index (χ0v) is 6.14. The fraction of sp³-hybridized carbons (Fsp3) is 0. The van der Waals surface area contributed by atoms with Crippen molar-refractivity contribution in [1.29, 1.82) is 0 Å². The van der Waals surface area contributed by atoms with Gasteiger partial charge in [-0.2, -0.15) is 0 Å². The van der Waals surface area contributed by atoms with Gasteiger partial charge in [0.1, 0.15) is 0 Å². The van der Waals surface area contributed by atoms with Crippen molar-refractivity contribution in [3.63, 3.8) is 0 Å². The molecule has 0 unspecified atom stereocenters. The first-order valence-corrected chi connectivity index (χ1v) is 4.50. The van der Waals surface area contributed by atoms with Crippen LogP contribution in [0.1, 0.15) is 0 Å². The summed E-state index contributed by atoms with van der Waals surface area (Å²) in [6, 6.07) is 0. The molecule has 0 saturated carbocycles. The van der Waals surface area contributed by atoms with Gasteiger partial charge < -0.3 is 0 Å². The van der Waals surface area contributed by atoms with Crippen LogP contribution in [0.2, 0.25) is 0 Å². The number of hydrogen-bond acceptors (Lipinski definition) is 1. The average Bonchev–Trinajstić information content (AvgIpc) is 1.00. The maximum atomic E-state index is 4.21. The second kappa shape index (κ2) is 20.0. The molecule has 0 rings (SSSR count). The first-order valence-electron chi connectivity index (χ1n) is 0.289. The van der Waals surface area contributed by atoms with Crippen LogP contribution in [-0.2, 0) is 33.6 Å². The summed E-state index contributed by atoms with van der Waals surface area (Å²) >= 11 is 0.958. The Morgan fingerprint density at radius 1 is 1.25 bits per heavy atom. The standard InChI is InChI=1S/Cu.Ga.S.Zn.3H. The van der Waals surface area contributed by atoms with Gasteiger partial charge in [-0.3, -0.25) is 0 Å². The molecule has 0 aromatic rings. The summed E-state index contributed by atoms with van der Waals surface area (Å²) in [5, 5.41) is 0. The van der Waals surface area contributed by atoms with Gasteiger partial charge in [0.05, 0.1) is 0 Å². The van der Waals surface area contributed by atoms with Gasteiger partial charge in [-0.05, 0) is 0 Å². The van der Waals surface area contributed by atoms with Crippen LogP contribution in [0.15, 0.2) is 0 Å². The van der Waals surface area contributed by atoms with Crippen LogP contribution in [0.5, 0.6) is 0 Å². The molecular weight excluding hydrogens is 231 g/mol. The Bertz CT molecular complexity index is 8.00. The topological polar surface area (TPSA) is 0 Å². The predicted octanol–water partition coefficient (Wildman–Crippen LogP) is -0.541. The van der Waals surface area contributed by atoms with Crippen molar-refractivity contribution in [1.82, 2.24) is 0 Å². The fourth-order valence-corrected chi connectivity index (χ4v) is 0. The van der Waals surface area contributed by atoms with E-state index in [2.05, 4.69) is 10.1 Å². The normalized spacial score (nSPS) is 1.50. The van der Waals surface area contributed by atoms with E-state index in [4.69, 9.17) is 0 Å². The van der Waals surface area contributed by atoms with Crippen LogP contribution in [0.4, 0.5) is 0 Å². The Morgan fingerprint density at radius 3 is 1.25 bits per heavy atom. The van der Waals surface area contributed by atoms with Gasteiger partial charge in [-0.25, -0.2) is 0 Å². The molecule has 0 aromatic heterocycles. The van der Waals surface area contributed by atoms with Gasteiger partial charge in [-0.15, -0.1) is 0 Å². The van der Waals surface area contributed by atoms with E-state index in [1.54, 1.807) is 0 Å². The molecule has 4 heavy (non-hydrogen) atoms. The average molecular weight is 234 g/mol. The molecule has 0 amide bonds. The molecule has 0 heterocycles. The molecule has 0 aliphatic rings. The van der Waals surface area contributed by atoms with E-state index in [9.17, 15) is 0 Å². The SMILES string of the molecule is [Cu].[GaH3].[S]=[Zn]. The number of rotatable bonds is 0. The van der Waals surface area contributed by atoms with Crippen molar-refractivity contribution in [2.45, 2.75) is 0 Å². The van der Waals surface area contributed by atoms with Crippen molar-refractivity contribution in [3.8, 4) is 0 Å². The maximum absolute atomic E-state index is 4.21. The van der Waals surface area contributed by atoms with Crippen molar-refractivity contribution >= 4 is 29.9 Å². The summed E-state index contributed by atoms with van der Waals surface area (Å²) in [5.41, 5.74) is 0. The fourth-order valence-electron chi connectivity index (χ4n) is 0. The Hall–Kier alpha value is 2.00. The van der Waals surface area contributed by atoms with E-state index < -0.39 is 0 Å². The summed E-state index contributed by atoms with van der Waals surface area (Å²) in [4.78, 5) is 0. The zero-order chi connectivity index (χ0) is 2.00. The molecule has 0 aromatic carbocycles. The second-order valence-electron chi connectivity index (χ2n) is 0. The molecule has 0 bridgehead atoms. The Balaban J connectivity index is -0.00000000500. The Labute approximate surface area is 62.9 Å². The predicted molar refractivity (Wildman–Crippen MR) is 17.5 cm³/mol. The van der Waals surface area contributed by atoms with Gasteiger partial charge in [0.2, 0.25) is 0 Å². The molecule has 0 aliphatic heterocycles. The van der Waals surface area contributed by atoms with Gasteiger partial charge >= 0.3 is 46.5 Å². The third-order valence-electron chi connectivity index (χ3n) is 0. The molecule has 0 saturated heterocycles. The van der Waals surface area contributed by atoms with Crippen molar-refractivity contribution in [2.75, 3.05) is 0 Å². The van der Waals surface area contributed by atoms with Crippen LogP contribution in [0.3, 0.4) is 0 Å². The Morgan fingerprint density at radius 2 is 1.25 bits per heavy atom. The summed E-state index contributed by atoms with van der Waals surface area (Å²) in [6.07, 6.45) is 0. The summed E-state index contributed by atoms with van der Waals surface area (Å²) < 4.78 is 0. The van der Waals surface area contributed by atoms with Crippen LogP contribution < -0.4 is 0 Å². The summed E-state index contributed by atoms with van der Waals surface area (Å²) in [6.45, 7) is 0. The molecule has 0 atom stereocenters. The molecule has 25 valence electrons. The first kappa shape index (κ1) is 16.7. The van der Waals surface area contributed by atoms with Crippen LogP contribution in [0, 0.1) is 0 Å². The van der Waals surface area contributed by atoms with Gasteiger partial charge in [0.25, 0.3) is 0 Å². The van der Waals surface area contributed by atoms with Crippen LogP contribution >= 0.6 is 10.1 Å². The molecule has 0 N–H and O–H groups in total. The molecule has 0 spiro atoms. The van der Waals surface area contributed by atoms with Gasteiger partial charge in [-0.1, -0.05) is 0 Å². The van der Waals surface area contributed by atoms with E-state index in [0.29, 0.717) is 0 Å². The van der Waals surface area contributed by atoms with E-state index in [-0.39, 0.29) is 36.9 Å². The molecule has 0 aliphatic carbocycles. The third-order valence-corrected chi connectivity index (χ3v) is 0. The van der Waals surface area contributed by atoms with E-state index >= 15 is 0 Å².